The number of hydrogen-bond acceptors (Lipinski definition) is 1. The summed E-state index contributed by atoms with van der Waals surface area (Å²) in [6.07, 6.45) is 27.3. The number of carbonyl (C=O) groups is 1. The summed E-state index contributed by atoms with van der Waals surface area (Å²) < 4.78 is 0. The molecule has 3 heteroatoms. The number of aliphatic carboxylic acids is 1. The molecule has 0 saturated carbocycles. The summed E-state index contributed by atoms with van der Waals surface area (Å²) in [5.41, 5.74) is 0. The van der Waals surface area contributed by atoms with E-state index < -0.39 is 5.97 Å². The van der Waals surface area contributed by atoms with Gasteiger partial charge in [0.2, 0.25) is 0 Å². The van der Waals surface area contributed by atoms with Gasteiger partial charge in [-0.1, -0.05) is 68.4 Å². The first-order valence-corrected chi connectivity index (χ1v) is 8.59. The maximum absolute atomic E-state index is 10.3. The Labute approximate surface area is 162 Å². The van der Waals surface area contributed by atoms with Gasteiger partial charge in [0.05, 0.1) is 0 Å². The van der Waals surface area contributed by atoms with Crippen molar-refractivity contribution < 1.29 is 9.90 Å². The molecule has 0 aromatic rings. The molecule has 0 fully saturated rings. The molecule has 0 amide bonds. The average molecular weight is 514 g/mol. The molecule has 0 aliphatic carbocycles. The van der Waals surface area contributed by atoms with Crippen molar-refractivity contribution in [1.82, 2.24) is 0 Å². The Kier molecular flexibility index (Phi) is 22.8. The Morgan fingerprint density at radius 1 is 0.739 bits per heavy atom. The summed E-state index contributed by atoms with van der Waals surface area (Å²) in [5, 5.41) is 8.49. The predicted octanol–water partition coefficient (Wildman–Crippen LogP) is 5.30. The third-order valence-corrected chi connectivity index (χ3v) is 3.22. The number of carboxylic acids is 1. The molecule has 0 heterocycles. The number of carboxylic acid groups (broad SMARTS) is 1. The van der Waals surface area contributed by atoms with Gasteiger partial charge in [0.15, 0.2) is 0 Å². The standard InChI is InChI=1S/C20H32O2.Pb.2H/c1-2-3-4-5-6-7-8-9-10-11-12-13-14-15-16-17-18-19-20(21)22;;;/h6-7,9-10,12-13,15-16H,2-5,8,11,14,17-19H2,1H3,(H,21,22);;;/b7-6-,10-9-,13-12-,16-15-;;;. The molecule has 130 valence electrons. The van der Waals surface area contributed by atoms with E-state index in [2.05, 4.69) is 55.5 Å². The van der Waals surface area contributed by atoms with Gasteiger partial charge >= 0.3 is 33.3 Å². The third-order valence-electron chi connectivity index (χ3n) is 3.22. The summed E-state index contributed by atoms with van der Waals surface area (Å²) in [6.45, 7) is 2.23. The van der Waals surface area contributed by atoms with Crippen LogP contribution in [0.15, 0.2) is 48.6 Å². The zero-order valence-electron chi connectivity index (χ0n) is 14.8. The molecule has 1 N–H and O–H groups in total. The number of hydrogen-bond donors (Lipinski definition) is 1. The number of rotatable bonds is 14. The van der Waals surface area contributed by atoms with E-state index >= 15 is 0 Å². The molecule has 0 spiro atoms. The van der Waals surface area contributed by atoms with Crippen molar-refractivity contribution in [3.05, 3.63) is 48.6 Å². The van der Waals surface area contributed by atoms with E-state index in [1.807, 2.05) is 0 Å². The van der Waals surface area contributed by atoms with E-state index in [0.717, 1.165) is 32.1 Å². The second-order valence-corrected chi connectivity index (χ2v) is 5.37. The van der Waals surface area contributed by atoms with Crippen LogP contribution in [0.5, 0.6) is 0 Å². The fourth-order valence-corrected chi connectivity index (χ4v) is 1.93. The van der Waals surface area contributed by atoms with Gasteiger partial charge in [-0.15, -0.1) is 0 Å². The Morgan fingerprint density at radius 3 is 1.61 bits per heavy atom. The fourth-order valence-electron chi connectivity index (χ4n) is 1.93. The van der Waals surface area contributed by atoms with Crippen LogP contribution in [0, 0.1) is 0 Å². The number of unbranched alkanes of at least 4 members (excludes halogenated alkanes) is 4. The van der Waals surface area contributed by atoms with Gasteiger partial charge in [0.25, 0.3) is 0 Å². The molecule has 0 bridgehead atoms. The van der Waals surface area contributed by atoms with Crippen LogP contribution in [0.25, 0.3) is 0 Å². The van der Waals surface area contributed by atoms with Gasteiger partial charge in [-0.3, -0.25) is 4.79 Å². The van der Waals surface area contributed by atoms with Gasteiger partial charge in [0, 0.05) is 6.42 Å². The van der Waals surface area contributed by atoms with E-state index in [4.69, 9.17) is 5.11 Å². The summed E-state index contributed by atoms with van der Waals surface area (Å²) in [5.74, 6) is -0.712. The van der Waals surface area contributed by atoms with Crippen LogP contribution in [0.3, 0.4) is 0 Å². The predicted molar refractivity (Wildman–Crippen MR) is 105 cm³/mol. The van der Waals surface area contributed by atoms with Gasteiger partial charge in [0.1, 0.15) is 0 Å². The molecule has 0 aliphatic heterocycles. The van der Waals surface area contributed by atoms with Gasteiger partial charge in [-0.25, -0.2) is 0 Å². The second-order valence-electron chi connectivity index (χ2n) is 5.37. The molecule has 0 rings (SSSR count). The second kappa shape index (κ2) is 21.4. The molecule has 0 aromatic carbocycles. The quantitative estimate of drug-likeness (QED) is 0.194. The maximum atomic E-state index is 10.3. The monoisotopic (exact) mass is 514 g/mol. The SMILES string of the molecule is CCCCC/C=C\C/C=C\C/C=C\C/C=C\CCCC(=O)O.[PbH2]. The first kappa shape index (κ1) is 24.6. The van der Waals surface area contributed by atoms with Crippen LogP contribution in [-0.2, 0) is 4.79 Å². The van der Waals surface area contributed by atoms with E-state index in [-0.39, 0.29) is 33.7 Å². The van der Waals surface area contributed by atoms with Crippen LogP contribution in [-0.4, -0.2) is 38.4 Å². The molecule has 0 atom stereocenters. The normalized spacial score (nSPS) is 11.9. The molecule has 23 heavy (non-hydrogen) atoms. The van der Waals surface area contributed by atoms with Gasteiger partial charge < -0.3 is 5.11 Å². The molecule has 0 saturated heterocycles. The topological polar surface area (TPSA) is 37.3 Å². The Morgan fingerprint density at radius 2 is 1.17 bits per heavy atom. The fraction of sp³-hybridized carbons (Fsp3) is 0.550. The van der Waals surface area contributed by atoms with E-state index in [0.29, 0.717) is 0 Å². The van der Waals surface area contributed by atoms with Crippen molar-refractivity contribution in [2.45, 2.75) is 71.1 Å². The Hall–Kier alpha value is -0.648. The van der Waals surface area contributed by atoms with Crippen molar-refractivity contribution in [3.63, 3.8) is 0 Å². The van der Waals surface area contributed by atoms with Crippen molar-refractivity contribution in [2.75, 3.05) is 0 Å². The molecule has 2 nitrogen and oxygen atoms in total. The molecule has 0 aromatic heterocycles. The molecule has 0 unspecified atom stereocenters. The zero-order chi connectivity index (χ0) is 16.3. The molecular formula is C20H34O2Pb. The summed E-state index contributed by atoms with van der Waals surface area (Å²) >= 11 is 0. The average Bonchev–Trinajstić information content (AvgIpc) is 2.50. The van der Waals surface area contributed by atoms with Crippen molar-refractivity contribution in [2.24, 2.45) is 0 Å². The van der Waals surface area contributed by atoms with E-state index in [9.17, 15) is 4.79 Å². The Bertz CT molecular complexity index is 368. The van der Waals surface area contributed by atoms with Crippen LogP contribution >= 0.6 is 0 Å². The van der Waals surface area contributed by atoms with Crippen molar-refractivity contribution >= 4 is 33.3 Å². The zero-order valence-corrected chi connectivity index (χ0v) is 20.3. The van der Waals surface area contributed by atoms with Crippen molar-refractivity contribution in [3.8, 4) is 0 Å². The summed E-state index contributed by atoms with van der Waals surface area (Å²) in [6, 6.07) is 0. The number of allylic oxidation sites excluding steroid dienone is 8. The first-order valence-electron chi connectivity index (χ1n) is 8.59. The molecular weight excluding hydrogens is 479 g/mol. The van der Waals surface area contributed by atoms with Crippen LogP contribution in [0.2, 0.25) is 0 Å². The van der Waals surface area contributed by atoms with E-state index in [1.165, 1.54) is 25.7 Å². The summed E-state index contributed by atoms with van der Waals surface area (Å²) in [4.78, 5) is 10.3. The van der Waals surface area contributed by atoms with Gasteiger partial charge in [-0.2, -0.15) is 0 Å². The first-order chi connectivity index (χ1) is 10.8. The third kappa shape index (κ3) is 23.7. The van der Waals surface area contributed by atoms with E-state index in [1.54, 1.807) is 0 Å². The minimum absolute atomic E-state index is 0. The minimum atomic E-state index is -0.712. The molecule has 2 radical (unpaired) electrons. The van der Waals surface area contributed by atoms with Gasteiger partial charge in [-0.05, 0) is 44.9 Å². The van der Waals surface area contributed by atoms with Crippen LogP contribution in [0.4, 0.5) is 0 Å². The Balaban J connectivity index is 0. The van der Waals surface area contributed by atoms with Crippen LogP contribution < -0.4 is 0 Å². The summed E-state index contributed by atoms with van der Waals surface area (Å²) in [7, 11) is 0. The van der Waals surface area contributed by atoms with Crippen LogP contribution in [0.1, 0.15) is 71.1 Å². The van der Waals surface area contributed by atoms with Crippen molar-refractivity contribution in [1.29, 1.82) is 0 Å². The molecule has 0 aliphatic rings.